The van der Waals surface area contributed by atoms with Gasteiger partial charge in [0.05, 0.1) is 11.1 Å². The molecule has 2 rings (SSSR count). The highest BCUT2D eigenvalue weighted by molar-refractivity contribution is 5.90. The van der Waals surface area contributed by atoms with Crippen molar-refractivity contribution in [1.82, 2.24) is 0 Å². The second-order valence-corrected chi connectivity index (χ2v) is 6.69. The quantitative estimate of drug-likeness (QED) is 0.376. The van der Waals surface area contributed by atoms with Crippen molar-refractivity contribution in [3.8, 4) is 0 Å². The molecule has 0 radical (unpaired) electrons. The van der Waals surface area contributed by atoms with Gasteiger partial charge in [0.1, 0.15) is 12.2 Å². The molecule has 0 spiro atoms. The van der Waals surface area contributed by atoms with Gasteiger partial charge in [0.15, 0.2) is 0 Å². The zero-order valence-corrected chi connectivity index (χ0v) is 16.4. The van der Waals surface area contributed by atoms with E-state index in [9.17, 15) is 9.59 Å². The number of benzene rings is 2. The molecule has 0 amide bonds. The van der Waals surface area contributed by atoms with E-state index in [1.165, 1.54) is 0 Å². The minimum atomic E-state index is -0.393. The van der Waals surface area contributed by atoms with E-state index in [-0.39, 0.29) is 18.0 Å². The Morgan fingerprint density at radius 3 is 1.86 bits per heavy atom. The van der Waals surface area contributed by atoms with Crippen molar-refractivity contribution in [3.63, 3.8) is 0 Å². The van der Waals surface area contributed by atoms with Gasteiger partial charge >= 0.3 is 11.9 Å². The van der Waals surface area contributed by atoms with Crippen LogP contribution in [-0.4, -0.2) is 24.1 Å². The molecular weight excluding hydrogens is 352 g/mol. The number of hydrogen-bond acceptors (Lipinski definition) is 4. The van der Waals surface area contributed by atoms with Gasteiger partial charge in [-0.1, -0.05) is 62.2 Å². The Hall–Kier alpha value is -2.88. The van der Waals surface area contributed by atoms with Crippen molar-refractivity contribution in [1.29, 1.82) is 0 Å². The minimum Gasteiger partial charge on any atom is -0.459 e. The first-order chi connectivity index (χ1) is 13.6. The zero-order valence-electron chi connectivity index (χ0n) is 16.4. The maximum atomic E-state index is 12.5. The Bertz CT molecular complexity index is 740. The molecular formula is C24H28O4. The van der Waals surface area contributed by atoms with Crippen molar-refractivity contribution >= 4 is 11.9 Å². The summed E-state index contributed by atoms with van der Waals surface area (Å²) in [6.45, 7) is 5.85. The number of carbonyl (C=O) groups excluding carboxylic acids is 2. The van der Waals surface area contributed by atoms with Crippen molar-refractivity contribution in [2.45, 2.75) is 51.2 Å². The highest BCUT2D eigenvalue weighted by Crippen LogP contribution is 2.19. The maximum absolute atomic E-state index is 12.5. The molecule has 0 aromatic heterocycles. The summed E-state index contributed by atoms with van der Waals surface area (Å²) < 4.78 is 11.4. The van der Waals surface area contributed by atoms with Gasteiger partial charge in [-0.2, -0.15) is 0 Å². The van der Waals surface area contributed by atoms with Crippen LogP contribution in [-0.2, 0) is 9.47 Å². The summed E-state index contributed by atoms with van der Waals surface area (Å²) in [4.78, 5) is 24.9. The van der Waals surface area contributed by atoms with Gasteiger partial charge in [0.25, 0.3) is 0 Å². The summed E-state index contributed by atoms with van der Waals surface area (Å²) in [5.41, 5.74) is 1.02. The van der Waals surface area contributed by atoms with Gasteiger partial charge in [-0.3, -0.25) is 0 Å². The van der Waals surface area contributed by atoms with E-state index in [1.54, 1.807) is 54.6 Å². The Morgan fingerprint density at radius 2 is 1.39 bits per heavy atom. The van der Waals surface area contributed by atoms with E-state index in [4.69, 9.17) is 9.47 Å². The molecule has 2 atom stereocenters. The minimum absolute atomic E-state index is 0.318. The zero-order chi connectivity index (χ0) is 20.2. The predicted octanol–water partition coefficient (Wildman–Crippen LogP) is 5.59. The highest BCUT2D eigenvalue weighted by Gasteiger charge is 2.23. The van der Waals surface area contributed by atoms with E-state index in [0.29, 0.717) is 24.0 Å². The molecule has 0 aliphatic heterocycles. The second kappa shape index (κ2) is 11.8. The Kier molecular flexibility index (Phi) is 8.99. The number of hydrogen-bond donors (Lipinski definition) is 0. The van der Waals surface area contributed by atoms with Crippen LogP contribution in [0.5, 0.6) is 0 Å². The van der Waals surface area contributed by atoms with Crippen LogP contribution in [0.4, 0.5) is 0 Å². The molecule has 0 bridgehead atoms. The topological polar surface area (TPSA) is 52.6 Å². The molecule has 28 heavy (non-hydrogen) atoms. The average molecular weight is 380 g/mol. The van der Waals surface area contributed by atoms with E-state index in [2.05, 4.69) is 13.5 Å². The van der Waals surface area contributed by atoms with Crippen molar-refractivity contribution < 1.29 is 19.1 Å². The Labute approximate surface area is 167 Å². The molecule has 2 aromatic carbocycles. The van der Waals surface area contributed by atoms with Crippen molar-refractivity contribution in [2.24, 2.45) is 0 Å². The third kappa shape index (κ3) is 7.03. The summed E-state index contributed by atoms with van der Waals surface area (Å²) >= 11 is 0. The van der Waals surface area contributed by atoms with Crippen LogP contribution in [0.3, 0.4) is 0 Å². The summed E-state index contributed by atoms with van der Waals surface area (Å²) in [5.74, 6) is -0.732. The molecule has 4 nitrogen and oxygen atoms in total. The number of unbranched alkanes of at least 4 members (excludes halogenated alkanes) is 1. The summed E-state index contributed by atoms with van der Waals surface area (Å²) in [6, 6.07) is 17.8. The van der Waals surface area contributed by atoms with Crippen LogP contribution in [0.1, 0.15) is 59.7 Å². The average Bonchev–Trinajstić information content (AvgIpc) is 2.73. The van der Waals surface area contributed by atoms with Crippen molar-refractivity contribution in [2.75, 3.05) is 0 Å². The molecule has 2 unspecified atom stereocenters. The number of carbonyl (C=O) groups is 2. The van der Waals surface area contributed by atoms with Crippen LogP contribution < -0.4 is 0 Å². The van der Waals surface area contributed by atoms with E-state index in [1.807, 2.05) is 12.1 Å². The standard InChI is InChI=1S/C24H28O4/c1-3-5-17-22(28-24(26)20-15-10-7-11-16-20)18-21(12-4-2)27-23(25)19-13-8-6-9-14-19/h4,6-11,13-16,21-22H,2-3,5,12,17-18H2,1H3. The lowest BCUT2D eigenvalue weighted by atomic mass is 10.0. The van der Waals surface area contributed by atoms with E-state index in [0.717, 1.165) is 19.3 Å². The van der Waals surface area contributed by atoms with Crippen LogP contribution in [0.25, 0.3) is 0 Å². The normalized spacial score (nSPS) is 12.6. The van der Waals surface area contributed by atoms with Gasteiger partial charge < -0.3 is 9.47 Å². The maximum Gasteiger partial charge on any atom is 0.338 e. The van der Waals surface area contributed by atoms with Crippen LogP contribution in [0, 0.1) is 0 Å². The van der Waals surface area contributed by atoms with Gasteiger partial charge in [-0.05, 0) is 30.7 Å². The lowest BCUT2D eigenvalue weighted by Crippen LogP contribution is -2.27. The highest BCUT2D eigenvalue weighted by atomic mass is 16.6. The van der Waals surface area contributed by atoms with E-state index >= 15 is 0 Å². The van der Waals surface area contributed by atoms with Crippen LogP contribution in [0.15, 0.2) is 73.3 Å². The summed E-state index contributed by atoms with van der Waals surface area (Å²) in [7, 11) is 0. The molecule has 0 fully saturated rings. The molecule has 0 saturated carbocycles. The summed E-state index contributed by atoms with van der Waals surface area (Å²) in [6.07, 6.45) is 4.62. The van der Waals surface area contributed by atoms with Gasteiger partial charge in [-0.25, -0.2) is 9.59 Å². The summed E-state index contributed by atoms with van der Waals surface area (Å²) in [5, 5.41) is 0. The SMILES string of the molecule is C=CCC(CC(CCCC)OC(=O)c1ccccc1)OC(=O)c1ccccc1. The molecule has 0 N–H and O–H groups in total. The van der Waals surface area contributed by atoms with Crippen molar-refractivity contribution in [3.05, 3.63) is 84.4 Å². The monoisotopic (exact) mass is 380 g/mol. The molecule has 148 valence electrons. The lowest BCUT2D eigenvalue weighted by Gasteiger charge is -2.23. The van der Waals surface area contributed by atoms with Gasteiger partial charge in [0.2, 0.25) is 0 Å². The Balaban J connectivity index is 2.04. The van der Waals surface area contributed by atoms with Crippen LogP contribution >= 0.6 is 0 Å². The first-order valence-corrected chi connectivity index (χ1v) is 9.77. The predicted molar refractivity (Wildman–Crippen MR) is 110 cm³/mol. The third-order valence-corrected chi connectivity index (χ3v) is 4.40. The largest absolute Gasteiger partial charge is 0.459 e. The fourth-order valence-electron chi connectivity index (χ4n) is 2.92. The van der Waals surface area contributed by atoms with Crippen LogP contribution in [0.2, 0.25) is 0 Å². The molecule has 0 saturated heterocycles. The molecule has 0 heterocycles. The third-order valence-electron chi connectivity index (χ3n) is 4.40. The number of esters is 2. The smallest absolute Gasteiger partial charge is 0.338 e. The van der Waals surface area contributed by atoms with Gasteiger partial charge in [-0.15, -0.1) is 6.58 Å². The fraction of sp³-hybridized carbons (Fsp3) is 0.333. The molecule has 0 aliphatic carbocycles. The number of ether oxygens (including phenoxy) is 2. The molecule has 0 aliphatic rings. The number of rotatable bonds is 11. The lowest BCUT2D eigenvalue weighted by molar-refractivity contribution is -0.00188. The van der Waals surface area contributed by atoms with Gasteiger partial charge in [0, 0.05) is 12.8 Å². The first kappa shape index (κ1) is 21.4. The van der Waals surface area contributed by atoms with E-state index < -0.39 is 6.10 Å². The molecule has 4 heteroatoms. The first-order valence-electron chi connectivity index (χ1n) is 9.77. The Morgan fingerprint density at radius 1 is 0.893 bits per heavy atom. The fourth-order valence-corrected chi connectivity index (χ4v) is 2.92. The molecule has 2 aromatic rings. The second-order valence-electron chi connectivity index (χ2n) is 6.69.